The van der Waals surface area contributed by atoms with Crippen LogP contribution in [0.25, 0.3) is 11.4 Å². The summed E-state index contributed by atoms with van der Waals surface area (Å²) < 4.78 is 0. The quantitative estimate of drug-likeness (QED) is 0.716. The average Bonchev–Trinajstić information content (AvgIpc) is 3.46. The molecule has 0 aromatic heterocycles. The van der Waals surface area contributed by atoms with Crippen LogP contribution in [0, 0.1) is 0 Å². The summed E-state index contributed by atoms with van der Waals surface area (Å²) in [5.41, 5.74) is 3.00. The molecule has 4 aliphatic heterocycles. The summed E-state index contributed by atoms with van der Waals surface area (Å²) in [7, 11) is 0. The predicted molar refractivity (Wildman–Crippen MR) is 114 cm³/mol. The van der Waals surface area contributed by atoms with E-state index in [-0.39, 0.29) is 11.9 Å². The molecule has 1 amide bonds. The predicted octanol–water partition coefficient (Wildman–Crippen LogP) is 2.91. The largest absolute Gasteiger partial charge is 0.372 e. The van der Waals surface area contributed by atoms with Crippen molar-refractivity contribution in [3.63, 3.8) is 0 Å². The van der Waals surface area contributed by atoms with Gasteiger partial charge in [0.25, 0.3) is 5.91 Å². The van der Waals surface area contributed by atoms with Crippen molar-refractivity contribution in [2.24, 2.45) is 0 Å². The zero-order valence-corrected chi connectivity index (χ0v) is 16.5. The fourth-order valence-corrected chi connectivity index (χ4v) is 4.41. The number of amides is 1. The number of benzene rings is 1. The molecule has 2 N–H and O–H groups in total. The molecule has 0 bridgehead atoms. The summed E-state index contributed by atoms with van der Waals surface area (Å²) in [6, 6.07) is 10.2. The van der Waals surface area contributed by atoms with Gasteiger partial charge in [-0.25, -0.2) is 9.97 Å². The third-order valence-corrected chi connectivity index (χ3v) is 6.06. The van der Waals surface area contributed by atoms with E-state index in [4.69, 9.17) is 0 Å². The van der Waals surface area contributed by atoms with Crippen molar-refractivity contribution in [3.05, 3.63) is 48.4 Å². The number of carbonyl (C=O) groups excluding carboxylic acids is 1. The van der Waals surface area contributed by atoms with Gasteiger partial charge in [-0.3, -0.25) is 4.79 Å². The van der Waals surface area contributed by atoms with Gasteiger partial charge in [0.05, 0.1) is 11.9 Å². The highest BCUT2D eigenvalue weighted by molar-refractivity contribution is 5.94. The summed E-state index contributed by atoms with van der Waals surface area (Å²) in [4.78, 5) is 29.2. The number of H-pyrrole nitrogens is 1. The van der Waals surface area contributed by atoms with Crippen molar-refractivity contribution < 1.29 is 4.79 Å². The van der Waals surface area contributed by atoms with Crippen LogP contribution in [0.2, 0.25) is 0 Å². The number of hydrogen-bond acceptors (Lipinski definition) is 5. The number of fused-ring (bicyclic) bond motifs is 1. The van der Waals surface area contributed by atoms with Crippen molar-refractivity contribution in [3.8, 4) is 11.4 Å². The summed E-state index contributed by atoms with van der Waals surface area (Å²) in [5.74, 6) is 1.85. The first-order chi connectivity index (χ1) is 14.3. The molecule has 1 aromatic carbocycles. The molecule has 4 aliphatic rings. The molecule has 0 radical (unpaired) electrons. The first kappa shape index (κ1) is 18.0. The molecule has 0 unspecified atom stereocenters. The van der Waals surface area contributed by atoms with Crippen LogP contribution in [-0.2, 0) is 0 Å². The fourth-order valence-electron chi connectivity index (χ4n) is 4.41. The Morgan fingerprint density at radius 2 is 1.72 bits per heavy atom. The van der Waals surface area contributed by atoms with Gasteiger partial charge in [0.15, 0.2) is 0 Å². The number of nitrogens with one attached hydrogen (secondary N) is 2. The number of nitrogens with zero attached hydrogens (tertiary/aromatic N) is 4. The van der Waals surface area contributed by atoms with Crippen LogP contribution in [0.15, 0.2) is 42.9 Å². The highest BCUT2D eigenvalue weighted by atomic mass is 16.1. The SMILES string of the molecule is O=C(NC1CCN(c2nc[nH]c3nccc2-3)CC1)c1ccc(N2CCCC2)cc1. The summed E-state index contributed by atoms with van der Waals surface area (Å²) in [6.45, 7) is 3.98. The Morgan fingerprint density at radius 3 is 2.48 bits per heavy atom. The monoisotopic (exact) mass is 390 g/mol. The van der Waals surface area contributed by atoms with Gasteiger partial charge in [-0.05, 0) is 56.0 Å². The molecule has 1 aromatic rings. The molecule has 5 rings (SSSR count). The lowest BCUT2D eigenvalue weighted by molar-refractivity contribution is 0.0931. The smallest absolute Gasteiger partial charge is 0.251 e. The van der Waals surface area contributed by atoms with Crippen LogP contribution in [0.3, 0.4) is 0 Å². The Bertz CT molecular complexity index is 938. The summed E-state index contributed by atoms with van der Waals surface area (Å²) in [6.07, 6.45) is 7.83. The third-order valence-electron chi connectivity index (χ3n) is 6.06. The molecule has 7 nitrogen and oxygen atoms in total. The van der Waals surface area contributed by atoms with Gasteiger partial charge >= 0.3 is 0 Å². The number of carbonyl (C=O) groups is 1. The molecule has 2 saturated heterocycles. The maximum Gasteiger partial charge on any atom is 0.251 e. The minimum Gasteiger partial charge on any atom is -0.372 e. The summed E-state index contributed by atoms with van der Waals surface area (Å²) >= 11 is 0. The minimum absolute atomic E-state index is 0.0199. The van der Waals surface area contributed by atoms with E-state index in [0.717, 1.165) is 61.8 Å². The van der Waals surface area contributed by atoms with E-state index >= 15 is 0 Å². The maximum atomic E-state index is 12.7. The van der Waals surface area contributed by atoms with Gasteiger partial charge in [0.1, 0.15) is 11.6 Å². The van der Waals surface area contributed by atoms with Crippen LogP contribution in [0.5, 0.6) is 0 Å². The van der Waals surface area contributed by atoms with E-state index in [0.29, 0.717) is 0 Å². The normalized spacial score (nSPS) is 17.8. The highest BCUT2D eigenvalue weighted by Crippen LogP contribution is 2.29. The topological polar surface area (TPSA) is 77.1 Å². The molecule has 0 saturated carbocycles. The van der Waals surface area contributed by atoms with Crippen LogP contribution < -0.4 is 15.1 Å². The fraction of sp³-hybridized carbons (Fsp3) is 0.409. The molecule has 0 spiro atoms. The van der Waals surface area contributed by atoms with Gasteiger partial charge in [-0.1, -0.05) is 0 Å². The maximum absolute atomic E-state index is 12.7. The van der Waals surface area contributed by atoms with Crippen molar-refractivity contribution in [1.29, 1.82) is 0 Å². The minimum atomic E-state index is 0.0199. The van der Waals surface area contributed by atoms with Gasteiger partial charge in [0.2, 0.25) is 0 Å². The van der Waals surface area contributed by atoms with E-state index in [1.54, 1.807) is 12.5 Å². The van der Waals surface area contributed by atoms with E-state index in [1.165, 1.54) is 18.5 Å². The number of rotatable bonds is 4. The Hall–Kier alpha value is -3.09. The van der Waals surface area contributed by atoms with E-state index < -0.39 is 0 Å². The van der Waals surface area contributed by atoms with Crippen molar-refractivity contribution in [1.82, 2.24) is 20.3 Å². The Labute approximate surface area is 170 Å². The molecule has 150 valence electrons. The molecular weight excluding hydrogens is 364 g/mol. The van der Waals surface area contributed by atoms with E-state index in [9.17, 15) is 4.79 Å². The van der Waals surface area contributed by atoms with Gasteiger partial charge in [-0.2, -0.15) is 0 Å². The highest BCUT2D eigenvalue weighted by Gasteiger charge is 2.25. The Balaban J connectivity index is 1.17. The van der Waals surface area contributed by atoms with Crippen LogP contribution in [-0.4, -0.2) is 53.1 Å². The summed E-state index contributed by atoms with van der Waals surface area (Å²) in [5, 5.41) is 3.21. The van der Waals surface area contributed by atoms with Crippen LogP contribution >= 0.6 is 0 Å². The molecule has 0 atom stereocenters. The Kier molecular flexibility index (Phi) is 4.79. The van der Waals surface area contributed by atoms with Crippen molar-refractivity contribution in [2.75, 3.05) is 36.0 Å². The molecule has 29 heavy (non-hydrogen) atoms. The average molecular weight is 390 g/mol. The number of anilines is 2. The molecule has 0 aliphatic carbocycles. The zero-order chi connectivity index (χ0) is 19.6. The van der Waals surface area contributed by atoms with Gasteiger partial charge in [-0.15, -0.1) is 0 Å². The second kappa shape index (κ2) is 7.73. The lowest BCUT2D eigenvalue weighted by Crippen LogP contribution is -2.45. The van der Waals surface area contributed by atoms with Crippen LogP contribution in [0.1, 0.15) is 36.0 Å². The number of aromatic nitrogens is 3. The second-order valence-corrected chi connectivity index (χ2v) is 7.91. The lowest BCUT2D eigenvalue weighted by Gasteiger charge is -2.33. The first-order valence-electron chi connectivity index (χ1n) is 10.5. The van der Waals surface area contributed by atoms with Gasteiger partial charge in [0, 0.05) is 49.7 Å². The van der Waals surface area contributed by atoms with Gasteiger partial charge < -0.3 is 20.1 Å². The van der Waals surface area contributed by atoms with E-state index in [2.05, 4.69) is 42.2 Å². The number of aromatic amines is 1. The number of hydrogen-bond donors (Lipinski definition) is 2. The molecule has 7 heteroatoms. The standard InChI is InChI=1S/C22H26N6O/c29-22(16-3-5-18(6-4-16)27-11-1-2-12-27)26-17-8-13-28(14-9-17)21-19-7-10-23-20(19)24-15-25-21/h3-7,10,15,17H,1-2,8-9,11-14H2,(H,26,29)(H,23,24,25). The van der Waals surface area contributed by atoms with Crippen molar-refractivity contribution >= 4 is 17.4 Å². The molecule has 4 heterocycles. The second-order valence-electron chi connectivity index (χ2n) is 7.91. The van der Waals surface area contributed by atoms with E-state index in [1.807, 2.05) is 18.2 Å². The zero-order valence-electron chi connectivity index (χ0n) is 16.5. The number of piperidine rings is 1. The lowest BCUT2D eigenvalue weighted by atomic mass is 10.0. The molecular formula is C22H26N6O. The Morgan fingerprint density at radius 1 is 0.966 bits per heavy atom. The third kappa shape index (κ3) is 3.64. The molecule has 2 fully saturated rings. The van der Waals surface area contributed by atoms with Crippen molar-refractivity contribution in [2.45, 2.75) is 31.7 Å². The first-order valence-corrected chi connectivity index (χ1v) is 10.5. The van der Waals surface area contributed by atoms with Crippen LogP contribution in [0.4, 0.5) is 11.5 Å².